The Kier molecular flexibility index (Phi) is 4.71. The molecule has 1 fully saturated rings. The minimum atomic E-state index is 0.312. The molecule has 6 heteroatoms. The first-order valence-corrected chi connectivity index (χ1v) is 7.93. The fraction of sp³-hybridized carbons (Fsp3) is 0.312. The number of phenolic OH excluding ortho intramolecular Hbond substituents is 1. The molecule has 0 atom stereocenters. The second-order valence-corrected chi connectivity index (χ2v) is 6.20. The number of aromatic nitrogens is 1. The lowest BCUT2D eigenvalue weighted by Crippen LogP contribution is -2.46. The molecule has 1 aliphatic rings. The van der Waals surface area contributed by atoms with Crippen LogP contribution in [0.2, 0.25) is 10.0 Å². The summed E-state index contributed by atoms with van der Waals surface area (Å²) in [5.41, 5.74) is 1.99. The molecule has 1 saturated heterocycles. The number of piperazine rings is 1. The second kappa shape index (κ2) is 6.73. The molecule has 3 rings (SSSR count). The molecule has 116 valence electrons. The van der Waals surface area contributed by atoms with Gasteiger partial charge in [-0.1, -0.05) is 35.3 Å². The predicted octanol–water partition coefficient (Wildman–Crippen LogP) is 3.42. The molecule has 0 spiro atoms. The van der Waals surface area contributed by atoms with Gasteiger partial charge < -0.3 is 10.0 Å². The lowest BCUT2D eigenvalue weighted by molar-refractivity contribution is 0.249. The van der Waals surface area contributed by atoms with Crippen molar-refractivity contribution in [2.75, 3.05) is 31.1 Å². The zero-order chi connectivity index (χ0) is 15.5. The number of aromatic hydroxyl groups is 1. The maximum atomic E-state index is 9.53. The van der Waals surface area contributed by atoms with Crippen molar-refractivity contribution in [3.8, 4) is 5.75 Å². The van der Waals surface area contributed by atoms with Gasteiger partial charge in [-0.2, -0.15) is 0 Å². The van der Waals surface area contributed by atoms with Crippen LogP contribution >= 0.6 is 23.2 Å². The predicted molar refractivity (Wildman–Crippen MR) is 89.9 cm³/mol. The highest BCUT2D eigenvalue weighted by molar-refractivity contribution is 6.38. The largest absolute Gasteiger partial charge is 0.508 e. The van der Waals surface area contributed by atoms with Gasteiger partial charge in [0.15, 0.2) is 0 Å². The number of hydrogen-bond acceptors (Lipinski definition) is 4. The second-order valence-electron chi connectivity index (χ2n) is 5.38. The van der Waals surface area contributed by atoms with Gasteiger partial charge in [-0.25, -0.2) is 0 Å². The molecular weight excluding hydrogens is 321 g/mol. The van der Waals surface area contributed by atoms with Crippen LogP contribution in [-0.2, 0) is 6.54 Å². The van der Waals surface area contributed by atoms with E-state index >= 15 is 0 Å². The number of hydrogen-bond donors (Lipinski definition) is 1. The molecule has 4 nitrogen and oxygen atoms in total. The van der Waals surface area contributed by atoms with E-state index in [9.17, 15) is 5.11 Å². The molecule has 0 radical (unpaired) electrons. The van der Waals surface area contributed by atoms with Crippen LogP contribution < -0.4 is 4.90 Å². The van der Waals surface area contributed by atoms with E-state index in [1.165, 1.54) is 0 Å². The van der Waals surface area contributed by atoms with Gasteiger partial charge >= 0.3 is 0 Å². The SMILES string of the molecule is Oc1cccc(CN2CCN(c3c(Cl)cncc3Cl)CC2)c1. The molecule has 0 amide bonds. The summed E-state index contributed by atoms with van der Waals surface area (Å²) in [6.45, 7) is 4.40. The van der Waals surface area contributed by atoms with Gasteiger partial charge in [0.2, 0.25) is 0 Å². The maximum absolute atomic E-state index is 9.53. The van der Waals surface area contributed by atoms with Crippen molar-refractivity contribution in [1.29, 1.82) is 0 Å². The fourth-order valence-electron chi connectivity index (χ4n) is 2.75. The van der Waals surface area contributed by atoms with E-state index < -0.39 is 0 Å². The quantitative estimate of drug-likeness (QED) is 0.931. The highest BCUT2D eigenvalue weighted by atomic mass is 35.5. The molecule has 22 heavy (non-hydrogen) atoms. The van der Waals surface area contributed by atoms with Crippen molar-refractivity contribution < 1.29 is 5.11 Å². The molecule has 0 bridgehead atoms. The molecule has 1 aromatic carbocycles. The Morgan fingerprint density at radius 1 is 1.05 bits per heavy atom. The standard InChI is InChI=1S/C16H17Cl2N3O/c17-14-9-19-10-15(18)16(14)21-6-4-20(5-7-21)11-12-2-1-3-13(22)8-12/h1-3,8-10,22H,4-7,11H2. The first-order valence-electron chi connectivity index (χ1n) is 7.17. The normalized spacial score (nSPS) is 16.0. The van der Waals surface area contributed by atoms with Crippen molar-refractivity contribution in [2.24, 2.45) is 0 Å². The first-order chi connectivity index (χ1) is 10.6. The summed E-state index contributed by atoms with van der Waals surface area (Å²) >= 11 is 12.4. The van der Waals surface area contributed by atoms with Crippen LogP contribution in [0.4, 0.5) is 5.69 Å². The van der Waals surface area contributed by atoms with Gasteiger partial charge in [0.1, 0.15) is 5.75 Å². The zero-order valence-corrected chi connectivity index (χ0v) is 13.6. The number of nitrogens with zero attached hydrogens (tertiary/aromatic N) is 3. The summed E-state index contributed by atoms with van der Waals surface area (Å²) in [5, 5.41) is 10.7. The number of phenols is 1. The molecule has 0 saturated carbocycles. The molecule has 2 heterocycles. The van der Waals surface area contributed by atoms with Gasteiger partial charge in [0.25, 0.3) is 0 Å². The maximum Gasteiger partial charge on any atom is 0.115 e. The number of rotatable bonds is 3. The Morgan fingerprint density at radius 2 is 1.73 bits per heavy atom. The van der Waals surface area contributed by atoms with Crippen LogP contribution in [0, 0.1) is 0 Å². The Bertz CT molecular complexity index is 637. The van der Waals surface area contributed by atoms with E-state index in [4.69, 9.17) is 23.2 Å². The number of benzene rings is 1. The van der Waals surface area contributed by atoms with E-state index in [-0.39, 0.29) is 0 Å². The Hall–Kier alpha value is -1.49. The van der Waals surface area contributed by atoms with E-state index in [1.807, 2.05) is 18.2 Å². The average Bonchev–Trinajstić information content (AvgIpc) is 2.49. The van der Waals surface area contributed by atoms with Crippen LogP contribution in [-0.4, -0.2) is 41.2 Å². The number of anilines is 1. The lowest BCUT2D eigenvalue weighted by atomic mass is 10.2. The monoisotopic (exact) mass is 337 g/mol. The molecule has 1 N–H and O–H groups in total. The van der Waals surface area contributed by atoms with Crippen molar-refractivity contribution in [2.45, 2.75) is 6.54 Å². The van der Waals surface area contributed by atoms with Gasteiger partial charge in [-0.05, 0) is 17.7 Å². The molecule has 1 aliphatic heterocycles. The summed E-state index contributed by atoms with van der Waals surface area (Å²) in [5.74, 6) is 0.312. The number of halogens is 2. The van der Waals surface area contributed by atoms with E-state index in [0.717, 1.165) is 44.0 Å². The Balaban J connectivity index is 1.63. The summed E-state index contributed by atoms with van der Waals surface area (Å²) in [6, 6.07) is 7.40. The Morgan fingerprint density at radius 3 is 2.36 bits per heavy atom. The van der Waals surface area contributed by atoms with Gasteiger partial charge in [0, 0.05) is 45.1 Å². The van der Waals surface area contributed by atoms with Crippen molar-refractivity contribution in [1.82, 2.24) is 9.88 Å². The van der Waals surface area contributed by atoms with E-state index in [1.54, 1.807) is 18.5 Å². The zero-order valence-electron chi connectivity index (χ0n) is 12.0. The summed E-state index contributed by atoms with van der Waals surface area (Å²) in [6.07, 6.45) is 3.25. The van der Waals surface area contributed by atoms with E-state index in [2.05, 4.69) is 14.8 Å². The Labute approximate surface area is 139 Å². The molecule has 1 aromatic heterocycles. The van der Waals surface area contributed by atoms with Crippen LogP contribution in [0.25, 0.3) is 0 Å². The smallest absolute Gasteiger partial charge is 0.115 e. The molecule has 0 aliphatic carbocycles. The fourth-order valence-corrected chi connectivity index (χ4v) is 3.35. The highest BCUT2D eigenvalue weighted by Crippen LogP contribution is 2.33. The lowest BCUT2D eigenvalue weighted by Gasteiger charge is -2.36. The summed E-state index contributed by atoms with van der Waals surface area (Å²) in [4.78, 5) is 8.55. The third-order valence-corrected chi connectivity index (χ3v) is 4.39. The van der Waals surface area contributed by atoms with Crippen molar-refractivity contribution in [3.05, 3.63) is 52.3 Å². The highest BCUT2D eigenvalue weighted by Gasteiger charge is 2.21. The minimum absolute atomic E-state index is 0.312. The van der Waals surface area contributed by atoms with Crippen molar-refractivity contribution >= 4 is 28.9 Å². The molecule has 0 unspecified atom stereocenters. The van der Waals surface area contributed by atoms with Crippen LogP contribution in [0.15, 0.2) is 36.7 Å². The minimum Gasteiger partial charge on any atom is -0.508 e. The summed E-state index contributed by atoms with van der Waals surface area (Å²) < 4.78 is 0. The topological polar surface area (TPSA) is 39.6 Å². The third kappa shape index (κ3) is 3.46. The summed E-state index contributed by atoms with van der Waals surface area (Å²) in [7, 11) is 0. The molecular formula is C16H17Cl2N3O. The van der Waals surface area contributed by atoms with Gasteiger partial charge in [-0.15, -0.1) is 0 Å². The van der Waals surface area contributed by atoms with Gasteiger partial charge in [0.05, 0.1) is 15.7 Å². The first kappa shape index (κ1) is 15.4. The number of pyridine rings is 1. The van der Waals surface area contributed by atoms with Crippen LogP contribution in [0.5, 0.6) is 5.75 Å². The van der Waals surface area contributed by atoms with Crippen LogP contribution in [0.1, 0.15) is 5.56 Å². The van der Waals surface area contributed by atoms with Crippen LogP contribution in [0.3, 0.4) is 0 Å². The average molecular weight is 338 g/mol. The molecule has 2 aromatic rings. The van der Waals surface area contributed by atoms with E-state index in [0.29, 0.717) is 15.8 Å². The van der Waals surface area contributed by atoms with Gasteiger partial charge in [-0.3, -0.25) is 9.88 Å². The van der Waals surface area contributed by atoms with Crippen molar-refractivity contribution in [3.63, 3.8) is 0 Å². The third-order valence-electron chi connectivity index (χ3n) is 3.83.